The number of aliphatic carboxylic acids is 2. The van der Waals surface area contributed by atoms with E-state index in [0.29, 0.717) is 32.0 Å². The van der Waals surface area contributed by atoms with Crippen molar-refractivity contribution in [1.29, 1.82) is 0 Å². The molecule has 0 aliphatic heterocycles. The van der Waals surface area contributed by atoms with Crippen molar-refractivity contribution in [2.24, 2.45) is 5.92 Å². The van der Waals surface area contributed by atoms with Crippen molar-refractivity contribution in [1.82, 2.24) is 10.6 Å². The Morgan fingerprint density at radius 3 is 2.32 bits per heavy atom. The van der Waals surface area contributed by atoms with Gasteiger partial charge in [0.1, 0.15) is 6.04 Å². The van der Waals surface area contributed by atoms with Crippen LogP contribution >= 0.6 is 0 Å². The van der Waals surface area contributed by atoms with Crippen LogP contribution in [-0.2, 0) is 9.59 Å². The summed E-state index contributed by atoms with van der Waals surface area (Å²) in [5.74, 6) is -1.06. The first-order chi connectivity index (χ1) is 8.93. The lowest BCUT2D eigenvalue weighted by molar-refractivity contribution is -0.140. The van der Waals surface area contributed by atoms with E-state index in [1.165, 1.54) is 0 Å². The molecule has 0 aliphatic rings. The van der Waals surface area contributed by atoms with Crippen molar-refractivity contribution in [3.63, 3.8) is 0 Å². The largest absolute Gasteiger partial charge is 0.481 e. The maximum atomic E-state index is 11.0. The maximum absolute atomic E-state index is 11.0. The summed E-state index contributed by atoms with van der Waals surface area (Å²) in [6.07, 6.45) is 3.20. The van der Waals surface area contributed by atoms with Gasteiger partial charge in [0.2, 0.25) is 0 Å². The Morgan fingerprint density at radius 2 is 1.79 bits per heavy atom. The molecular formula is C13H26N2O4. The van der Waals surface area contributed by atoms with Crippen molar-refractivity contribution in [2.45, 2.75) is 52.0 Å². The van der Waals surface area contributed by atoms with E-state index in [2.05, 4.69) is 24.5 Å². The first-order valence-corrected chi connectivity index (χ1v) is 6.82. The van der Waals surface area contributed by atoms with Crippen LogP contribution < -0.4 is 10.6 Å². The quantitative estimate of drug-likeness (QED) is 0.316. The lowest BCUT2D eigenvalue weighted by Gasteiger charge is -2.15. The van der Waals surface area contributed by atoms with Gasteiger partial charge in [-0.3, -0.25) is 14.9 Å². The SMILES string of the molecule is CC(C)CCC[C@H](NCNCCCC(=O)O)C(=O)O. The molecule has 6 heteroatoms. The molecule has 6 nitrogen and oxygen atoms in total. The smallest absolute Gasteiger partial charge is 0.320 e. The Morgan fingerprint density at radius 1 is 1.11 bits per heavy atom. The number of carbonyl (C=O) groups is 2. The molecule has 0 saturated heterocycles. The van der Waals surface area contributed by atoms with Gasteiger partial charge in [0.05, 0.1) is 0 Å². The first kappa shape index (κ1) is 17.9. The number of carboxylic acids is 2. The van der Waals surface area contributed by atoms with E-state index in [-0.39, 0.29) is 6.42 Å². The van der Waals surface area contributed by atoms with E-state index in [9.17, 15) is 9.59 Å². The van der Waals surface area contributed by atoms with E-state index in [4.69, 9.17) is 10.2 Å². The number of hydrogen-bond donors (Lipinski definition) is 4. The highest BCUT2D eigenvalue weighted by Crippen LogP contribution is 2.08. The van der Waals surface area contributed by atoms with Gasteiger partial charge >= 0.3 is 11.9 Å². The third kappa shape index (κ3) is 11.7. The van der Waals surface area contributed by atoms with E-state index < -0.39 is 18.0 Å². The van der Waals surface area contributed by atoms with Crippen LogP contribution in [0.15, 0.2) is 0 Å². The highest BCUT2D eigenvalue weighted by Gasteiger charge is 2.15. The second-order valence-electron chi connectivity index (χ2n) is 5.09. The maximum Gasteiger partial charge on any atom is 0.320 e. The lowest BCUT2D eigenvalue weighted by Crippen LogP contribution is -2.42. The lowest BCUT2D eigenvalue weighted by atomic mass is 10.0. The molecule has 0 saturated carbocycles. The van der Waals surface area contributed by atoms with Crippen LogP contribution in [0.2, 0.25) is 0 Å². The molecule has 1 atom stereocenters. The highest BCUT2D eigenvalue weighted by atomic mass is 16.4. The van der Waals surface area contributed by atoms with Crippen LogP contribution in [0.3, 0.4) is 0 Å². The topological polar surface area (TPSA) is 98.7 Å². The molecule has 0 radical (unpaired) electrons. The molecular weight excluding hydrogens is 248 g/mol. The molecule has 0 fully saturated rings. The fraction of sp³-hybridized carbons (Fsp3) is 0.846. The molecule has 0 aliphatic carbocycles. The van der Waals surface area contributed by atoms with E-state index >= 15 is 0 Å². The van der Waals surface area contributed by atoms with Crippen LogP contribution in [0.5, 0.6) is 0 Å². The summed E-state index contributed by atoms with van der Waals surface area (Å²) in [7, 11) is 0. The summed E-state index contributed by atoms with van der Waals surface area (Å²) in [6.45, 7) is 5.19. The second kappa shape index (κ2) is 10.8. The molecule has 0 aromatic carbocycles. The van der Waals surface area contributed by atoms with Gasteiger partial charge in [0, 0.05) is 13.1 Å². The van der Waals surface area contributed by atoms with Crippen molar-refractivity contribution in [3.8, 4) is 0 Å². The van der Waals surface area contributed by atoms with Crippen molar-refractivity contribution < 1.29 is 19.8 Å². The fourth-order valence-electron chi connectivity index (χ4n) is 1.69. The molecule has 0 amide bonds. The van der Waals surface area contributed by atoms with Gasteiger partial charge in [-0.1, -0.05) is 26.7 Å². The zero-order chi connectivity index (χ0) is 14.7. The van der Waals surface area contributed by atoms with E-state index in [0.717, 1.165) is 12.8 Å². The molecule has 4 N–H and O–H groups in total. The van der Waals surface area contributed by atoms with E-state index in [1.54, 1.807) is 0 Å². The summed E-state index contributed by atoms with van der Waals surface area (Å²) in [5.41, 5.74) is 0. The average molecular weight is 274 g/mol. The zero-order valence-electron chi connectivity index (χ0n) is 11.8. The van der Waals surface area contributed by atoms with Crippen LogP contribution in [0.25, 0.3) is 0 Å². The number of nitrogens with one attached hydrogen (secondary N) is 2. The van der Waals surface area contributed by atoms with Crippen LogP contribution in [0, 0.1) is 5.92 Å². The molecule has 0 rings (SSSR count). The fourth-order valence-corrected chi connectivity index (χ4v) is 1.69. The normalized spacial score (nSPS) is 12.6. The highest BCUT2D eigenvalue weighted by molar-refractivity contribution is 5.73. The number of rotatable bonds is 12. The standard InChI is InChI=1S/C13H26N2O4/c1-10(2)5-3-6-11(13(18)19)15-9-14-8-4-7-12(16)17/h10-11,14-15H,3-9H2,1-2H3,(H,16,17)(H,18,19)/t11-/m0/s1. The molecule has 0 aromatic heterocycles. The molecule has 112 valence electrons. The summed E-state index contributed by atoms with van der Waals surface area (Å²) >= 11 is 0. The molecule has 0 heterocycles. The monoisotopic (exact) mass is 274 g/mol. The van der Waals surface area contributed by atoms with Crippen molar-refractivity contribution in [3.05, 3.63) is 0 Å². The van der Waals surface area contributed by atoms with E-state index in [1.807, 2.05) is 0 Å². The first-order valence-electron chi connectivity index (χ1n) is 6.82. The Bertz CT molecular complexity index is 269. The van der Waals surface area contributed by atoms with Gasteiger partial charge in [-0.25, -0.2) is 0 Å². The Balaban J connectivity index is 3.65. The summed E-state index contributed by atoms with van der Waals surface area (Å²) in [4.78, 5) is 21.3. The summed E-state index contributed by atoms with van der Waals surface area (Å²) < 4.78 is 0. The van der Waals surface area contributed by atoms with Crippen LogP contribution in [0.1, 0.15) is 46.0 Å². The van der Waals surface area contributed by atoms with Crippen molar-refractivity contribution >= 4 is 11.9 Å². The zero-order valence-corrected chi connectivity index (χ0v) is 11.8. The average Bonchev–Trinajstić information content (AvgIpc) is 2.29. The molecule has 0 aromatic rings. The van der Waals surface area contributed by atoms with Gasteiger partial charge in [0.15, 0.2) is 0 Å². The predicted molar refractivity (Wildman–Crippen MR) is 73.0 cm³/mol. The molecule has 0 spiro atoms. The molecule has 0 bridgehead atoms. The van der Waals surface area contributed by atoms with Crippen LogP contribution in [-0.4, -0.2) is 41.4 Å². The molecule has 0 unspecified atom stereocenters. The minimum atomic E-state index is -0.837. The Kier molecular flexibility index (Phi) is 10.1. The van der Waals surface area contributed by atoms with Gasteiger partial charge in [-0.15, -0.1) is 0 Å². The third-order valence-electron chi connectivity index (χ3n) is 2.79. The minimum Gasteiger partial charge on any atom is -0.481 e. The van der Waals surface area contributed by atoms with Gasteiger partial charge in [-0.05, 0) is 25.3 Å². The second-order valence-corrected chi connectivity index (χ2v) is 5.09. The number of hydrogen-bond acceptors (Lipinski definition) is 4. The predicted octanol–water partition coefficient (Wildman–Crippen LogP) is 1.27. The number of carboxylic acid groups (broad SMARTS) is 2. The molecule has 19 heavy (non-hydrogen) atoms. The van der Waals surface area contributed by atoms with Gasteiger partial charge in [0.25, 0.3) is 0 Å². The van der Waals surface area contributed by atoms with Crippen molar-refractivity contribution in [2.75, 3.05) is 13.2 Å². The van der Waals surface area contributed by atoms with Crippen LogP contribution in [0.4, 0.5) is 0 Å². The minimum absolute atomic E-state index is 0.129. The van der Waals surface area contributed by atoms with Gasteiger partial charge in [-0.2, -0.15) is 0 Å². The Hall–Kier alpha value is -1.14. The summed E-state index contributed by atoms with van der Waals surface area (Å²) in [5, 5.41) is 23.4. The third-order valence-corrected chi connectivity index (χ3v) is 2.79. The Labute approximate surface area is 114 Å². The van der Waals surface area contributed by atoms with Gasteiger partial charge < -0.3 is 15.5 Å². The summed E-state index contributed by atoms with van der Waals surface area (Å²) in [6, 6.07) is -0.536.